The second-order valence-electron chi connectivity index (χ2n) is 6.05. The fourth-order valence-electron chi connectivity index (χ4n) is 2.89. The van der Waals surface area contributed by atoms with Crippen molar-refractivity contribution in [2.45, 2.75) is 23.8 Å². The van der Waals surface area contributed by atoms with Crippen LogP contribution in [0, 0.1) is 17.2 Å². The smallest absolute Gasteiger partial charge is 0.330 e. The Morgan fingerprint density at radius 1 is 1.37 bits per heavy atom. The Kier molecular flexibility index (Phi) is 6.90. The maximum Gasteiger partial charge on any atom is 0.330 e. The molecule has 1 heterocycles. The number of sulfonamides is 1. The zero-order valence-electron chi connectivity index (χ0n) is 14.8. The molecular weight excluding hydrogens is 374 g/mol. The maximum absolute atomic E-state index is 12.8. The normalized spacial score (nSPS) is 16.9. The van der Waals surface area contributed by atoms with E-state index in [9.17, 15) is 18.0 Å². The van der Waals surface area contributed by atoms with E-state index in [1.807, 2.05) is 6.07 Å². The molecule has 0 spiro atoms. The Morgan fingerprint density at radius 2 is 2.00 bits per heavy atom. The number of carbonyl (C=O) groups excluding carboxylic acids is 2. The molecule has 1 aliphatic heterocycles. The fourth-order valence-corrected chi connectivity index (χ4v) is 4.50. The number of methoxy groups -OCH3 is 1. The van der Waals surface area contributed by atoms with Crippen molar-refractivity contribution in [3.8, 4) is 6.07 Å². The van der Waals surface area contributed by atoms with Gasteiger partial charge in [0.25, 0.3) is 0 Å². The molecule has 1 aromatic rings. The van der Waals surface area contributed by atoms with E-state index in [1.54, 1.807) is 12.1 Å². The van der Waals surface area contributed by atoms with Gasteiger partial charge in [0.1, 0.15) is 6.07 Å². The number of piperidine rings is 1. The number of carbonyl (C=O) groups is 2. The van der Waals surface area contributed by atoms with Gasteiger partial charge in [0.05, 0.1) is 24.2 Å². The molecule has 1 aromatic carbocycles. The first-order chi connectivity index (χ1) is 12.8. The van der Waals surface area contributed by atoms with Gasteiger partial charge in [-0.25, -0.2) is 13.2 Å². The maximum atomic E-state index is 12.8. The van der Waals surface area contributed by atoms with Crippen molar-refractivity contribution in [1.29, 1.82) is 5.26 Å². The van der Waals surface area contributed by atoms with Crippen molar-refractivity contribution in [3.63, 3.8) is 0 Å². The molecule has 1 aliphatic rings. The first-order valence-electron chi connectivity index (χ1n) is 8.33. The summed E-state index contributed by atoms with van der Waals surface area (Å²) in [4.78, 5) is 23.7. The summed E-state index contributed by atoms with van der Waals surface area (Å²) in [6, 6.07) is 6.69. The lowest BCUT2D eigenvalue weighted by Gasteiger charge is -2.31. The summed E-state index contributed by atoms with van der Waals surface area (Å²) in [5, 5.41) is 20.7. The second kappa shape index (κ2) is 8.94. The van der Waals surface area contributed by atoms with Crippen molar-refractivity contribution < 1.29 is 27.9 Å². The molecule has 27 heavy (non-hydrogen) atoms. The Bertz CT molecular complexity index is 840. The van der Waals surface area contributed by atoms with E-state index in [0.29, 0.717) is 0 Å². The highest BCUT2D eigenvalue weighted by molar-refractivity contribution is 7.89. The summed E-state index contributed by atoms with van der Waals surface area (Å²) in [6.45, 7) is -0.360. The number of rotatable bonds is 6. The molecule has 10 heteroatoms. The standard InChI is InChI=1S/C17H21N3O6S/c1-26-17(23)14(11-21)19-16(22)12-6-8-20(9-7-12)27(24,25)15-5-3-2-4-13(15)10-18/h2-5,12,14,21H,6-9,11H2,1H3,(H,19,22)/t14-/m1/s1. The van der Waals surface area contributed by atoms with Crippen molar-refractivity contribution in [2.24, 2.45) is 5.92 Å². The predicted octanol–water partition coefficient (Wildman–Crippen LogP) is -0.391. The monoisotopic (exact) mass is 395 g/mol. The molecule has 1 amide bonds. The zero-order valence-corrected chi connectivity index (χ0v) is 15.6. The third-order valence-corrected chi connectivity index (χ3v) is 6.39. The number of hydrogen-bond acceptors (Lipinski definition) is 7. The quantitative estimate of drug-likeness (QED) is 0.626. The Labute approximate surface area is 157 Å². The summed E-state index contributed by atoms with van der Waals surface area (Å²) in [5.41, 5.74) is 0.0706. The summed E-state index contributed by atoms with van der Waals surface area (Å²) in [6.07, 6.45) is 0.526. The van der Waals surface area contributed by atoms with Gasteiger partial charge in [-0.1, -0.05) is 12.1 Å². The third-order valence-electron chi connectivity index (χ3n) is 4.43. The minimum atomic E-state index is -3.83. The highest BCUT2D eigenvalue weighted by Crippen LogP contribution is 2.25. The van der Waals surface area contributed by atoms with Crippen molar-refractivity contribution in [3.05, 3.63) is 29.8 Å². The molecule has 0 radical (unpaired) electrons. The van der Waals surface area contributed by atoms with Crippen LogP contribution in [0.15, 0.2) is 29.2 Å². The van der Waals surface area contributed by atoms with Crippen LogP contribution >= 0.6 is 0 Å². The van der Waals surface area contributed by atoms with Gasteiger partial charge < -0.3 is 15.2 Å². The Morgan fingerprint density at radius 3 is 2.56 bits per heavy atom. The van der Waals surface area contributed by atoms with Crippen molar-refractivity contribution in [2.75, 3.05) is 26.8 Å². The Balaban J connectivity index is 2.03. The van der Waals surface area contributed by atoms with Crippen molar-refractivity contribution in [1.82, 2.24) is 9.62 Å². The third kappa shape index (κ3) is 4.63. The van der Waals surface area contributed by atoms with Gasteiger partial charge >= 0.3 is 5.97 Å². The summed E-state index contributed by atoms with van der Waals surface area (Å²) < 4.78 is 31.3. The molecule has 1 atom stereocenters. The highest BCUT2D eigenvalue weighted by atomic mass is 32.2. The molecule has 2 N–H and O–H groups in total. The van der Waals surface area contributed by atoms with E-state index < -0.39 is 40.5 Å². The first-order valence-corrected chi connectivity index (χ1v) is 9.77. The summed E-state index contributed by atoms with van der Waals surface area (Å²) >= 11 is 0. The number of nitrogens with one attached hydrogen (secondary N) is 1. The lowest BCUT2D eigenvalue weighted by molar-refractivity contribution is -0.146. The Hall–Kier alpha value is -2.48. The molecule has 0 bridgehead atoms. The number of hydrogen-bond donors (Lipinski definition) is 2. The zero-order chi connectivity index (χ0) is 20.0. The molecule has 2 rings (SSSR count). The molecule has 146 valence electrons. The minimum Gasteiger partial charge on any atom is -0.467 e. The largest absolute Gasteiger partial charge is 0.467 e. The lowest BCUT2D eigenvalue weighted by atomic mass is 9.97. The van der Waals surface area contributed by atoms with Crippen LogP contribution in [0.25, 0.3) is 0 Å². The van der Waals surface area contributed by atoms with Crippen molar-refractivity contribution >= 4 is 21.9 Å². The van der Waals surface area contributed by atoms with E-state index in [2.05, 4.69) is 10.1 Å². The number of aliphatic hydroxyl groups is 1. The van der Waals surface area contributed by atoms with Gasteiger partial charge in [-0.05, 0) is 25.0 Å². The van der Waals surface area contributed by atoms with Gasteiger partial charge in [0, 0.05) is 19.0 Å². The van der Waals surface area contributed by atoms with Crippen LogP contribution in [0.4, 0.5) is 0 Å². The minimum absolute atomic E-state index is 0.0542. The first kappa shape index (κ1) is 20.8. The van der Waals surface area contributed by atoms with Gasteiger partial charge in [-0.2, -0.15) is 9.57 Å². The number of amides is 1. The second-order valence-corrected chi connectivity index (χ2v) is 7.96. The SMILES string of the molecule is COC(=O)[C@@H](CO)NC(=O)C1CCN(S(=O)(=O)c2ccccc2C#N)CC1. The highest BCUT2D eigenvalue weighted by Gasteiger charge is 2.34. The number of esters is 1. The molecule has 0 aromatic heterocycles. The molecule has 1 fully saturated rings. The van der Waals surface area contributed by atoms with Gasteiger partial charge in [0.2, 0.25) is 15.9 Å². The average molecular weight is 395 g/mol. The lowest BCUT2D eigenvalue weighted by Crippen LogP contribution is -2.49. The van der Waals surface area contributed by atoms with Crippen LogP contribution in [0.1, 0.15) is 18.4 Å². The summed E-state index contributed by atoms with van der Waals surface area (Å²) in [5.74, 6) is -1.67. The van der Waals surface area contributed by atoms with E-state index in [4.69, 9.17) is 10.4 Å². The molecule has 0 aliphatic carbocycles. The molecule has 0 unspecified atom stereocenters. The van der Waals surface area contributed by atoms with E-state index in [0.717, 1.165) is 7.11 Å². The van der Waals surface area contributed by atoms with Gasteiger partial charge in [-0.15, -0.1) is 0 Å². The van der Waals surface area contributed by atoms with E-state index in [-0.39, 0.29) is 36.4 Å². The van der Waals surface area contributed by atoms with E-state index in [1.165, 1.54) is 16.4 Å². The number of benzene rings is 1. The van der Waals surface area contributed by atoms with Crippen LogP contribution in [0.2, 0.25) is 0 Å². The van der Waals surface area contributed by atoms with Crippen LogP contribution in [0.3, 0.4) is 0 Å². The van der Waals surface area contributed by atoms with Crippen LogP contribution in [-0.2, 0) is 24.3 Å². The van der Waals surface area contributed by atoms with Crippen LogP contribution in [-0.4, -0.2) is 62.6 Å². The van der Waals surface area contributed by atoms with Gasteiger partial charge in [-0.3, -0.25) is 4.79 Å². The molecular formula is C17H21N3O6S. The topological polar surface area (TPSA) is 137 Å². The van der Waals surface area contributed by atoms with Crippen LogP contribution in [0.5, 0.6) is 0 Å². The van der Waals surface area contributed by atoms with Gasteiger partial charge in [0.15, 0.2) is 6.04 Å². The number of ether oxygens (including phenoxy) is 1. The fraction of sp³-hybridized carbons (Fsp3) is 0.471. The predicted molar refractivity (Wildman–Crippen MR) is 93.7 cm³/mol. The molecule has 9 nitrogen and oxygen atoms in total. The molecule has 1 saturated heterocycles. The van der Waals surface area contributed by atoms with Crippen LogP contribution < -0.4 is 5.32 Å². The number of nitriles is 1. The average Bonchev–Trinajstić information content (AvgIpc) is 2.71. The summed E-state index contributed by atoms with van der Waals surface area (Å²) in [7, 11) is -2.68. The number of aliphatic hydroxyl groups excluding tert-OH is 1. The number of nitrogens with zero attached hydrogens (tertiary/aromatic N) is 2. The van der Waals surface area contributed by atoms with E-state index >= 15 is 0 Å². The molecule has 0 saturated carbocycles.